The van der Waals surface area contributed by atoms with Crippen LogP contribution in [0.5, 0.6) is 0 Å². The van der Waals surface area contributed by atoms with Gasteiger partial charge in [-0.05, 0) is 6.42 Å². The van der Waals surface area contributed by atoms with E-state index >= 15 is 0 Å². The molecule has 2 fully saturated rings. The zero-order valence-corrected chi connectivity index (χ0v) is 9.58. The molecule has 0 aromatic rings. The van der Waals surface area contributed by atoms with Gasteiger partial charge in [0.15, 0.2) is 5.75 Å². The van der Waals surface area contributed by atoms with Crippen molar-refractivity contribution in [2.75, 3.05) is 18.8 Å². The molecule has 9 heteroatoms. The number of rotatable bonds is 2. The van der Waals surface area contributed by atoms with Crippen molar-refractivity contribution in [3.8, 4) is 6.07 Å². The van der Waals surface area contributed by atoms with Crippen molar-refractivity contribution in [1.29, 1.82) is 5.26 Å². The number of sulfonamides is 1. The summed E-state index contributed by atoms with van der Waals surface area (Å²) in [5, 5.41) is 12.9. The Morgan fingerprint density at radius 1 is 1.47 bits per heavy atom. The minimum absolute atomic E-state index is 0.116. The minimum Gasteiger partial charge on any atom is -0.322 e. The highest BCUT2D eigenvalue weighted by Gasteiger charge is 2.52. The normalized spacial score (nSPS) is 29.1. The van der Waals surface area contributed by atoms with Gasteiger partial charge in [0.05, 0.1) is 6.07 Å². The second-order valence-corrected chi connectivity index (χ2v) is 5.96. The van der Waals surface area contributed by atoms with Gasteiger partial charge in [0, 0.05) is 13.1 Å². The van der Waals surface area contributed by atoms with Crippen LogP contribution in [0.15, 0.2) is 0 Å². The summed E-state index contributed by atoms with van der Waals surface area (Å²) in [6.45, 7) is 0.00625. The van der Waals surface area contributed by atoms with Crippen LogP contribution in [0.4, 0.5) is 4.79 Å². The lowest BCUT2D eigenvalue weighted by Gasteiger charge is -2.20. The van der Waals surface area contributed by atoms with E-state index in [1.54, 1.807) is 6.07 Å². The molecule has 0 radical (unpaired) electrons. The fraction of sp³-hybridized carbons (Fsp3) is 0.625. The van der Waals surface area contributed by atoms with Gasteiger partial charge in [-0.25, -0.2) is 13.2 Å². The largest absolute Gasteiger partial charge is 0.322 e. The molecule has 92 valence electrons. The number of nitrogens with zero attached hydrogens (tertiary/aromatic N) is 2. The Balaban J connectivity index is 2.19. The molecular formula is C8H10N4O4S. The summed E-state index contributed by atoms with van der Waals surface area (Å²) in [6.07, 6.45) is 0.217. The summed E-state index contributed by atoms with van der Waals surface area (Å²) in [4.78, 5) is 22.6. The standard InChI is InChI=1S/C8H10N4O4S/c9-2-4-17(15,16)12-3-1-8(5-12)6(13)10-7(14)11-8/h1,3-5H2,(H2,10,11,13,14). The monoisotopic (exact) mass is 258 g/mol. The van der Waals surface area contributed by atoms with Gasteiger partial charge in [0.2, 0.25) is 10.0 Å². The molecule has 2 N–H and O–H groups in total. The van der Waals surface area contributed by atoms with Gasteiger partial charge in [-0.1, -0.05) is 0 Å². The predicted octanol–water partition coefficient (Wildman–Crippen LogP) is -1.88. The van der Waals surface area contributed by atoms with Crippen LogP contribution in [0.1, 0.15) is 6.42 Å². The SMILES string of the molecule is N#CCS(=O)(=O)N1CCC2(C1)NC(=O)NC2=O. The van der Waals surface area contributed by atoms with Crippen molar-refractivity contribution >= 4 is 22.0 Å². The van der Waals surface area contributed by atoms with Crippen LogP contribution in [0.3, 0.4) is 0 Å². The Labute approximate surface area is 97.6 Å². The molecule has 2 heterocycles. The third kappa shape index (κ3) is 1.85. The minimum atomic E-state index is -3.67. The van der Waals surface area contributed by atoms with Gasteiger partial charge in [-0.15, -0.1) is 0 Å². The molecule has 2 aliphatic rings. The maximum absolute atomic E-state index is 11.6. The molecule has 0 aromatic heterocycles. The zero-order valence-electron chi connectivity index (χ0n) is 8.76. The Morgan fingerprint density at radius 2 is 2.18 bits per heavy atom. The van der Waals surface area contributed by atoms with Crippen LogP contribution in [-0.4, -0.2) is 49.0 Å². The second-order valence-electron chi connectivity index (χ2n) is 3.99. The number of urea groups is 1. The molecule has 0 saturated carbocycles. The fourth-order valence-corrected chi connectivity index (χ4v) is 3.13. The molecule has 1 unspecified atom stereocenters. The van der Waals surface area contributed by atoms with E-state index in [0.29, 0.717) is 0 Å². The van der Waals surface area contributed by atoms with Crippen molar-refractivity contribution in [3.05, 3.63) is 0 Å². The maximum atomic E-state index is 11.6. The first-order chi connectivity index (χ1) is 7.89. The Hall–Kier alpha value is -1.66. The van der Waals surface area contributed by atoms with Gasteiger partial charge in [-0.2, -0.15) is 9.57 Å². The molecule has 2 aliphatic heterocycles. The van der Waals surface area contributed by atoms with E-state index in [1.165, 1.54) is 0 Å². The third-order valence-electron chi connectivity index (χ3n) is 2.89. The maximum Gasteiger partial charge on any atom is 0.322 e. The fourth-order valence-electron chi connectivity index (χ4n) is 2.00. The summed E-state index contributed by atoms with van der Waals surface area (Å²) in [5.74, 6) is -1.14. The van der Waals surface area contributed by atoms with Crippen molar-refractivity contribution in [2.45, 2.75) is 12.0 Å². The molecule has 0 bridgehead atoms. The number of nitrogens with one attached hydrogen (secondary N) is 2. The van der Waals surface area contributed by atoms with E-state index < -0.39 is 33.3 Å². The Morgan fingerprint density at radius 3 is 2.71 bits per heavy atom. The molecule has 1 atom stereocenters. The number of hydrogen-bond acceptors (Lipinski definition) is 5. The molecule has 0 aliphatic carbocycles. The average Bonchev–Trinajstić information content (AvgIpc) is 2.73. The Bertz CT molecular complexity index is 522. The van der Waals surface area contributed by atoms with E-state index in [2.05, 4.69) is 10.6 Å². The number of carbonyl (C=O) groups excluding carboxylic acids is 2. The highest BCUT2D eigenvalue weighted by atomic mass is 32.2. The van der Waals surface area contributed by atoms with Gasteiger partial charge >= 0.3 is 6.03 Å². The highest BCUT2D eigenvalue weighted by molar-refractivity contribution is 7.89. The van der Waals surface area contributed by atoms with Crippen LogP contribution in [0.2, 0.25) is 0 Å². The van der Waals surface area contributed by atoms with E-state index in [-0.39, 0.29) is 19.5 Å². The number of nitriles is 1. The summed E-state index contributed by atoms with van der Waals surface area (Å²) in [7, 11) is -3.67. The smallest absolute Gasteiger partial charge is 0.322 e. The average molecular weight is 258 g/mol. The summed E-state index contributed by atoms with van der Waals surface area (Å²) in [5.41, 5.74) is -1.17. The van der Waals surface area contributed by atoms with Gasteiger partial charge in [0.1, 0.15) is 5.54 Å². The van der Waals surface area contributed by atoms with E-state index in [0.717, 1.165) is 4.31 Å². The first kappa shape index (κ1) is 11.8. The van der Waals surface area contributed by atoms with Crippen LogP contribution in [0.25, 0.3) is 0 Å². The number of amides is 3. The van der Waals surface area contributed by atoms with E-state index in [9.17, 15) is 18.0 Å². The van der Waals surface area contributed by atoms with Crippen LogP contribution < -0.4 is 10.6 Å². The second kappa shape index (κ2) is 3.68. The molecular weight excluding hydrogens is 248 g/mol. The summed E-state index contributed by atoms with van der Waals surface area (Å²) < 4.78 is 24.3. The van der Waals surface area contributed by atoms with Gasteiger partial charge < -0.3 is 5.32 Å². The number of hydrogen-bond donors (Lipinski definition) is 2. The lowest BCUT2D eigenvalue weighted by molar-refractivity contribution is -0.123. The summed E-state index contributed by atoms with van der Waals surface area (Å²) >= 11 is 0. The zero-order chi connectivity index (χ0) is 12.7. The first-order valence-electron chi connectivity index (χ1n) is 4.88. The van der Waals surface area contributed by atoms with Crippen molar-refractivity contribution in [1.82, 2.24) is 14.9 Å². The molecule has 17 heavy (non-hydrogen) atoms. The van der Waals surface area contributed by atoms with Crippen LogP contribution in [0, 0.1) is 11.3 Å². The molecule has 8 nitrogen and oxygen atoms in total. The lowest BCUT2D eigenvalue weighted by atomic mass is 10.00. The summed E-state index contributed by atoms with van der Waals surface area (Å²) in [6, 6.07) is 0.950. The molecule has 2 rings (SSSR count). The van der Waals surface area contributed by atoms with Crippen molar-refractivity contribution in [2.24, 2.45) is 0 Å². The quantitative estimate of drug-likeness (QED) is 0.562. The third-order valence-corrected chi connectivity index (χ3v) is 4.48. The molecule has 2 saturated heterocycles. The van der Waals surface area contributed by atoms with Gasteiger partial charge in [0.25, 0.3) is 5.91 Å². The van der Waals surface area contributed by atoms with E-state index in [4.69, 9.17) is 5.26 Å². The van der Waals surface area contributed by atoms with Gasteiger partial charge in [-0.3, -0.25) is 10.1 Å². The Kier molecular flexibility index (Phi) is 2.56. The van der Waals surface area contributed by atoms with Crippen molar-refractivity contribution < 1.29 is 18.0 Å². The predicted molar refractivity (Wildman–Crippen MR) is 55.0 cm³/mol. The highest BCUT2D eigenvalue weighted by Crippen LogP contribution is 2.26. The molecule has 3 amide bonds. The number of imide groups is 1. The molecule has 0 aromatic carbocycles. The van der Waals surface area contributed by atoms with Crippen LogP contribution in [-0.2, 0) is 14.8 Å². The van der Waals surface area contributed by atoms with Crippen LogP contribution >= 0.6 is 0 Å². The van der Waals surface area contributed by atoms with E-state index in [1.807, 2.05) is 0 Å². The number of carbonyl (C=O) groups is 2. The topological polar surface area (TPSA) is 119 Å². The van der Waals surface area contributed by atoms with Crippen molar-refractivity contribution in [3.63, 3.8) is 0 Å². The molecule has 1 spiro atoms. The first-order valence-corrected chi connectivity index (χ1v) is 6.49. The lowest BCUT2D eigenvalue weighted by Crippen LogP contribution is -2.49.